The van der Waals surface area contributed by atoms with Crippen molar-refractivity contribution in [2.24, 2.45) is 0 Å². The fourth-order valence-corrected chi connectivity index (χ4v) is 6.22. The van der Waals surface area contributed by atoms with Crippen LogP contribution in [-0.4, -0.2) is 34.9 Å². The van der Waals surface area contributed by atoms with E-state index in [1.54, 1.807) is 6.08 Å². The first-order chi connectivity index (χ1) is 25.7. The maximum absolute atomic E-state index is 12.4. The highest BCUT2D eigenvalue weighted by Crippen LogP contribution is 2.12. The van der Waals surface area contributed by atoms with Crippen LogP contribution in [0.5, 0.6) is 0 Å². The molecule has 0 aromatic carbocycles. The zero-order chi connectivity index (χ0) is 37.8. The topological polar surface area (TPSA) is 69.6 Å². The van der Waals surface area contributed by atoms with E-state index in [9.17, 15) is 15.0 Å². The molecule has 4 nitrogen and oxygen atoms in total. The van der Waals surface area contributed by atoms with Gasteiger partial charge in [0.2, 0.25) is 5.91 Å². The normalized spacial score (nSPS) is 13.7. The minimum atomic E-state index is -0.876. The van der Waals surface area contributed by atoms with Gasteiger partial charge in [-0.15, -0.1) is 0 Å². The van der Waals surface area contributed by atoms with E-state index in [4.69, 9.17) is 0 Å². The monoisotopic (exact) mass is 724 g/mol. The van der Waals surface area contributed by atoms with Crippen molar-refractivity contribution in [1.29, 1.82) is 0 Å². The Labute approximate surface area is 323 Å². The van der Waals surface area contributed by atoms with Crippen LogP contribution in [0.15, 0.2) is 72.9 Å². The number of unbranched alkanes of at least 4 members (excludes halogenated alkanes) is 22. The van der Waals surface area contributed by atoms with Crippen molar-refractivity contribution < 1.29 is 15.0 Å². The SMILES string of the molecule is CCCCCCC/C=C\C/C=C\C/C=C\CCCCCCCCCCC(=O)NC(CO)C(O)/C=C/CC/C=C/CC/C=C/CCCCCCCCC. The molecule has 52 heavy (non-hydrogen) atoms. The van der Waals surface area contributed by atoms with Gasteiger partial charge >= 0.3 is 0 Å². The molecule has 2 atom stereocenters. The molecule has 1 amide bonds. The van der Waals surface area contributed by atoms with Gasteiger partial charge in [-0.25, -0.2) is 0 Å². The van der Waals surface area contributed by atoms with E-state index in [1.165, 1.54) is 128 Å². The van der Waals surface area contributed by atoms with Crippen LogP contribution < -0.4 is 5.32 Å². The van der Waals surface area contributed by atoms with Crippen molar-refractivity contribution >= 4 is 5.91 Å². The van der Waals surface area contributed by atoms with Gasteiger partial charge in [0.05, 0.1) is 18.8 Å². The molecule has 0 aliphatic rings. The van der Waals surface area contributed by atoms with Crippen molar-refractivity contribution in [1.82, 2.24) is 5.32 Å². The zero-order valence-corrected chi connectivity index (χ0v) is 34.3. The molecule has 0 aliphatic carbocycles. The van der Waals surface area contributed by atoms with Crippen molar-refractivity contribution in [3.05, 3.63) is 72.9 Å². The fraction of sp³-hybridized carbons (Fsp3) is 0.729. The molecule has 0 radical (unpaired) electrons. The third-order valence-electron chi connectivity index (χ3n) is 9.64. The van der Waals surface area contributed by atoms with Crippen molar-refractivity contribution in [3.63, 3.8) is 0 Å². The molecule has 0 spiro atoms. The summed E-state index contributed by atoms with van der Waals surface area (Å²) >= 11 is 0. The Morgan fingerprint density at radius 3 is 1.25 bits per heavy atom. The predicted octanol–water partition coefficient (Wildman–Crippen LogP) is 13.9. The average molecular weight is 724 g/mol. The molecule has 0 heterocycles. The number of rotatable bonds is 39. The molecule has 0 aliphatic heterocycles. The Morgan fingerprint density at radius 1 is 0.462 bits per heavy atom. The number of amides is 1. The molecule has 0 aromatic rings. The van der Waals surface area contributed by atoms with E-state index >= 15 is 0 Å². The lowest BCUT2D eigenvalue weighted by Crippen LogP contribution is -2.45. The van der Waals surface area contributed by atoms with Gasteiger partial charge in [-0.3, -0.25) is 4.79 Å². The van der Waals surface area contributed by atoms with Gasteiger partial charge in [0, 0.05) is 6.42 Å². The van der Waals surface area contributed by atoms with Crippen LogP contribution in [0.1, 0.15) is 206 Å². The summed E-state index contributed by atoms with van der Waals surface area (Å²) in [6, 6.07) is -0.652. The molecule has 0 saturated heterocycles. The second-order valence-electron chi connectivity index (χ2n) is 14.7. The molecule has 0 bridgehead atoms. The lowest BCUT2D eigenvalue weighted by molar-refractivity contribution is -0.123. The fourth-order valence-electron chi connectivity index (χ4n) is 6.22. The number of nitrogens with one attached hydrogen (secondary N) is 1. The number of carbonyl (C=O) groups excluding carboxylic acids is 1. The van der Waals surface area contributed by atoms with E-state index in [1.807, 2.05) is 6.08 Å². The third-order valence-corrected chi connectivity index (χ3v) is 9.64. The number of aliphatic hydroxyl groups excluding tert-OH is 2. The summed E-state index contributed by atoms with van der Waals surface area (Å²) in [5.41, 5.74) is 0. The summed E-state index contributed by atoms with van der Waals surface area (Å²) in [5, 5.41) is 23.0. The first kappa shape index (κ1) is 49.8. The first-order valence-corrected chi connectivity index (χ1v) is 22.2. The van der Waals surface area contributed by atoms with Crippen LogP contribution in [0.3, 0.4) is 0 Å². The molecule has 4 heteroatoms. The summed E-state index contributed by atoms with van der Waals surface area (Å²) in [4.78, 5) is 12.4. The maximum Gasteiger partial charge on any atom is 0.220 e. The molecule has 0 rings (SSSR count). The largest absolute Gasteiger partial charge is 0.394 e. The minimum absolute atomic E-state index is 0.0882. The van der Waals surface area contributed by atoms with Crippen molar-refractivity contribution in [2.45, 2.75) is 219 Å². The summed E-state index contributed by atoms with van der Waals surface area (Å²) in [6.07, 6.45) is 61.5. The second-order valence-corrected chi connectivity index (χ2v) is 14.7. The van der Waals surface area contributed by atoms with E-state index in [-0.39, 0.29) is 12.5 Å². The molecule has 2 unspecified atom stereocenters. The highest BCUT2D eigenvalue weighted by molar-refractivity contribution is 5.76. The highest BCUT2D eigenvalue weighted by Gasteiger charge is 2.17. The number of aliphatic hydroxyl groups is 2. The number of hydrogen-bond donors (Lipinski definition) is 3. The van der Waals surface area contributed by atoms with E-state index in [0.717, 1.165) is 57.8 Å². The second kappa shape index (κ2) is 43.2. The van der Waals surface area contributed by atoms with Gasteiger partial charge in [-0.2, -0.15) is 0 Å². The lowest BCUT2D eigenvalue weighted by atomic mass is 10.1. The average Bonchev–Trinajstić information content (AvgIpc) is 3.15. The van der Waals surface area contributed by atoms with Gasteiger partial charge in [-0.05, 0) is 83.5 Å². The maximum atomic E-state index is 12.4. The lowest BCUT2D eigenvalue weighted by Gasteiger charge is -2.19. The molecular formula is C48H85NO3. The van der Waals surface area contributed by atoms with Crippen molar-refractivity contribution in [2.75, 3.05) is 6.61 Å². The Kier molecular flexibility index (Phi) is 41.4. The molecular weight excluding hydrogens is 639 g/mol. The van der Waals surface area contributed by atoms with Crippen LogP contribution in [0.25, 0.3) is 0 Å². The first-order valence-electron chi connectivity index (χ1n) is 22.2. The van der Waals surface area contributed by atoms with Gasteiger partial charge in [0.25, 0.3) is 0 Å². The Bertz CT molecular complexity index is 915. The van der Waals surface area contributed by atoms with E-state index < -0.39 is 12.1 Å². The van der Waals surface area contributed by atoms with Crippen LogP contribution in [0, 0.1) is 0 Å². The smallest absolute Gasteiger partial charge is 0.220 e. The minimum Gasteiger partial charge on any atom is -0.394 e. The van der Waals surface area contributed by atoms with Gasteiger partial charge in [-0.1, -0.05) is 189 Å². The van der Waals surface area contributed by atoms with E-state index in [2.05, 4.69) is 79.9 Å². The molecule has 3 N–H and O–H groups in total. The quantitative estimate of drug-likeness (QED) is 0.0437. The number of allylic oxidation sites excluding steroid dienone is 11. The summed E-state index contributed by atoms with van der Waals surface area (Å²) in [7, 11) is 0. The van der Waals surface area contributed by atoms with Gasteiger partial charge in [0.1, 0.15) is 0 Å². The van der Waals surface area contributed by atoms with Crippen molar-refractivity contribution in [3.8, 4) is 0 Å². The molecule has 0 fully saturated rings. The Morgan fingerprint density at radius 2 is 0.808 bits per heavy atom. The molecule has 300 valence electrons. The van der Waals surface area contributed by atoms with E-state index in [0.29, 0.717) is 6.42 Å². The Hall–Kier alpha value is -2.17. The summed E-state index contributed by atoms with van der Waals surface area (Å²) in [5.74, 6) is -0.0882. The zero-order valence-electron chi connectivity index (χ0n) is 34.3. The molecule has 0 saturated carbocycles. The summed E-state index contributed by atoms with van der Waals surface area (Å²) < 4.78 is 0. The van der Waals surface area contributed by atoms with Crippen LogP contribution >= 0.6 is 0 Å². The van der Waals surface area contributed by atoms with Crippen LogP contribution in [-0.2, 0) is 4.79 Å². The highest BCUT2D eigenvalue weighted by atomic mass is 16.3. The van der Waals surface area contributed by atoms with Gasteiger partial charge < -0.3 is 15.5 Å². The third kappa shape index (κ3) is 39.0. The molecule has 0 aromatic heterocycles. The predicted molar refractivity (Wildman–Crippen MR) is 230 cm³/mol. The number of carbonyl (C=O) groups is 1. The van der Waals surface area contributed by atoms with Crippen LogP contribution in [0.2, 0.25) is 0 Å². The summed E-state index contributed by atoms with van der Waals surface area (Å²) in [6.45, 7) is 4.26. The number of hydrogen-bond acceptors (Lipinski definition) is 3. The van der Waals surface area contributed by atoms with Gasteiger partial charge in [0.15, 0.2) is 0 Å². The standard InChI is InChI=1S/C48H85NO3/c1-3-5-7-9-11-13-15-17-19-21-22-23-24-25-26-28-30-32-34-36-38-40-42-44-48(52)49-46(45-50)47(51)43-41-39-37-35-33-31-29-27-20-18-16-14-12-10-8-6-4-2/h15,17,20-22,24-25,27,33,35,41,43,46-47,50-51H,3-14,16,18-19,23,26,28-32,34,36-40,42,44-45H2,1-2H3,(H,49,52)/b17-15-,22-21-,25-24-,27-20+,35-33+,43-41+. The Balaban J connectivity index is 3.68. The van der Waals surface area contributed by atoms with Crippen LogP contribution in [0.4, 0.5) is 0 Å².